The highest BCUT2D eigenvalue weighted by atomic mass is 35.5. The van der Waals surface area contributed by atoms with Crippen molar-refractivity contribution in [3.63, 3.8) is 0 Å². The summed E-state index contributed by atoms with van der Waals surface area (Å²) in [6, 6.07) is 12.5. The third kappa shape index (κ3) is 2.65. The third-order valence-corrected chi connectivity index (χ3v) is 5.39. The number of fused-ring (bicyclic) bond motifs is 1. The molecule has 0 saturated carbocycles. The van der Waals surface area contributed by atoms with Crippen molar-refractivity contribution in [2.75, 3.05) is 25.0 Å². The maximum Gasteiger partial charge on any atom is 0.203 e. The molecule has 118 valence electrons. The van der Waals surface area contributed by atoms with Crippen LogP contribution in [0.25, 0.3) is 11.1 Å². The van der Waals surface area contributed by atoms with E-state index in [-0.39, 0.29) is 0 Å². The zero-order valence-electron chi connectivity index (χ0n) is 13.1. The van der Waals surface area contributed by atoms with Gasteiger partial charge >= 0.3 is 0 Å². The molecule has 1 saturated heterocycles. The van der Waals surface area contributed by atoms with Gasteiger partial charge in [0.15, 0.2) is 0 Å². The van der Waals surface area contributed by atoms with E-state index < -0.39 is 5.60 Å². The Morgan fingerprint density at radius 2 is 2.13 bits per heavy atom. The number of rotatable bonds is 3. The predicted molar refractivity (Wildman–Crippen MR) is 96.1 cm³/mol. The van der Waals surface area contributed by atoms with E-state index in [1.807, 2.05) is 12.1 Å². The minimum Gasteiger partial charge on any atom is -0.393 e. The fourth-order valence-electron chi connectivity index (χ4n) is 3.59. The van der Waals surface area contributed by atoms with Crippen molar-refractivity contribution >= 4 is 29.5 Å². The van der Waals surface area contributed by atoms with Gasteiger partial charge < -0.3 is 15.2 Å². The lowest BCUT2D eigenvalue weighted by atomic mass is 9.41. The largest absolute Gasteiger partial charge is 0.393 e. The number of benzene rings is 2. The molecule has 3 nitrogen and oxygen atoms in total. The fraction of sp³-hybridized carbons (Fsp3) is 0.333. The van der Waals surface area contributed by atoms with E-state index >= 15 is 0 Å². The van der Waals surface area contributed by atoms with Crippen molar-refractivity contribution in [1.29, 1.82) is 0 Å². The Labute approximate surface area is 141 Å². The molecule has 0 atom stereocenters. The number of hydrogen-bond acceptors (Lipinski definition) is 3. The summed E-state index contributed by atoms with van der Waals surface area (Å²) >= 11 is 6.26. The van der Waals surface area contributed by atoms with Gasteiger partial charge in [0.1, 0.15) is 5.60 Å². The van der Waals surface area contributed by atoms with Gasteiger partial charge in [-0.2, -0.15) is 0 Å². The van der Waals surface area contributed by atoms with E-state index in [2.05, 4.69) is 36.5 Å². The van der Waals surface area contributed by atoms with Crippen LogP contribution in [-0.4, -0.2) is 37.1 Å². The summed E-state index contributed by atoms with van der Waals surface area (Å²) < 4.78 is 5.17. The van der Waals surface area contributed by atoms with Crippen molar-refractivity contribution in [2.24, 2.45) is 0 Å². The standard InChI is InChI=1S/C18H19BClNO2/c1-12-14(3-2-4-16(12)20)13-5-6-17-15(7-13)19(11-21-17)8-18(22)9-23-10-18/h2-7,21-22H,8-11H2,1H3. The molecule has 5 heteroatoms. The molecule has 2 heterocycles. The van der Waals surface area contributed by atoms with Gasteiger partial charge in [-0.15, -0.1) is 0 Å². The van der Waals surface area contributed by atoms with Gasteiger partial charge in [-0.3, -0.25) is 0 Å². The average molecular weight is 328 g/mol. The van der Waals surface area contributed by atoms with Crippen LogP contribution in [0.4, 0.5) is 5.69 Å². The average Bonchev–Trinajstić information content (AvgIpc) is 2.91. The second-order valence-electron chi connectivity index (χ2n) is 6.71. The minimum absolute atomic E-state index is 0.318. The van der Waals surface area contributed by atoms with Crippen LogP contribution in [0.1, 0.15) is 5.56 Å². The molecule has 2 N–H and O–H groups in total. The van der Waals surface area contributed by atoms with Gasteiger partial charge in [0, 0.05) is 10.7 Å². The predicted octanol–water partition coefficient (Wildman–Crippen LogP) is 2.74. The molecule has 0 spiro atoms. The van der Waals surface area contributed by atoms with Crippen LogP contribution in [0.2, 0.25) is 11.3 Å². The van der Waals surface area contributed by atoms with Crippen LogP contribution in [0, 0.1) is 6.92 Å². The van der Waals surface area contributed by atoms with Gasteiger partial charge in [-0.1, -0.05) is 41.3 Å². The maximum atomic E-state index is 10.4. The highest BCUT2D eigenvalue weighted by Crippen LogP contribution is 2.31. The molecule has 23 heavy (non-hydrogen) atoms. The number of nitrogens with one attached hydrogen (secondary N) is 1. The molecule has 2 aliphatic heterocycles. The van der Waals surface area contributed by atoms with Gasteiger partial charge in [0.05, 0.1) is 13.2 Å². The Kier molecular flexibility index (Phi) is 3.64. The van der Waals surface area contributed by atoms with Crippen LogP contribution in [-0.2, 0) is 4.74 Å². The van der Waals surface area contributed by atoms with Crippen LogP contribution in [0.5, 0.6) is 0 Å². The maximum absolute atomic E-state index is 10.4. The first-order valence-corrected chi connectivity index (χ1v) is 8.37. The zero-order valence-corrected chi connectivity index (χ0v) is 13.9. The minimum atomic E-state index is -0.657. The van der Waals surface area contributed by atoms with Crippen LogP contribution < -0.4 is 10.8 Å². The molecule has 1 fully saturated rings. The molecular formula is C18H19BClNO2. The topological polar surface area (TPSA) is 41.5 Å². The van der Waals surface area contributed by atoms with Crippen LogP contribution >= 0.6 is 11.6 Å². The van der Waals surface area contributed by atoms with Crippen molar-refractivity contribution in [2.45, 2.75) is 18.8 Å². The Balaban J connectivity index is 1.68. The summed E-state index contributed by atoms with van der Waals surface area (Å²) in [5.41, 5.74) is 5.23. The number of aliphatic hydroxyl groups is 1. The number of anilines is 1. The molecule has 0 radical (unpaired) electrons. The van der Waals surface area contributed by atoms with Gasteiger partial charge in [0.25, 0.3) is 0 Å². The third-order valence-electron chi connectivity index (χ3n) is 4.98. The molecule has 0 unspecified atom stereocenters. The zero-order chi connectivity index (χ0) is 16.0. The van der Waals surface area contributed by atoms with Crippen molar-refractivity contribution in [3.8, 4) is 11.1 Å². The molecule has 0 aromatic heterocycles. The summed E-state index contributed by atoms with van der Waals surface area (Å²) in [5, 5.41) is 14.6. The monoisotopic (exact) mass is 327 g/mol. The first-order chi connectivity index (χ1) is 11.1. The Morgan fingerprint density at radius 1 is 1.30 bits per heavy atom. The smallest absolute Gasteiger partial charge is 0.203 e. The normalized spacial score (nSPS) is 18.3. The van der Waals surface area contributed by atoms with E-state index in [0.717, 1.165) is 28.9 Å². The van der Waals surface area contributed by atoms with E-state index in [9.17, 15) is 5.11 Å². The molecule has 2 aromatic rings. The number of halogens is 1. The Morgan fingerprint density at radius 3 is 2.87 bits per heavy atom. The summed E-state index contributed by atoms with van der Waals surface area (Å²) in [4.78, 5) is 0. The SMILES string of the molecule is Cc1c(Cl)cccc1-c1ccc2c(c1)B(CC1(O)COC1)CN2. The van der Waals surface area contributed by atoms with Crippen LogP contribution in [0.3, 0.4) is 0 Å². The van der Waals surface area contributed by atoms with Crippen molar-refractivity contribution in [3.05, 3.63) is 47.0 Å². The number of hydrogen-bond donors (Lipinski definition) is 2. The van der Waals surface area contributed by atoms with Gasteiger partial charge in [-0.25, -0.2) is 0 Å². The molecule has 0 aliphatic carbocycles. The van der Waals surface area contributed by atoms with Crippen LogP contribution in [0.15, 0.2) is 36.4 Å². The fourth-order valence-corrected chi connectivity index (χ4v) is 3.76. The van der Waals surface area contributed by atoms with Gasteiger partial charge in [-0.05, 0) is 48.5 Å². The molecule has 0 bridgehead atoms. The highest BCUT2D eigenvalue weighted by Gasteiger charge is 2.41. The lowest BCUT2D eigenvalue weighted by Gasteiger charge is -2.37. The number of ether oxygens (including phenoxy) is 1. The summed E-state index contributed by atoms with van der Waals surface area (Å²) in [6.45, 7) is 3.27. The first-order valence-electron chi connectivity index (χ1n) is 7.99. The second kappa shape index (κ2) is 5.55. The van der Waals surface area contributed by atoms with Crippen molar-refractivity contribution in [1.82, 2.24) is 0 Å². The molecular weight excluding hydrogens is 308 g/mol. The lowest BCUT2D eigenvalue weighted by molar-refractivity contribution is -0.165. The lowest BCUT2D eigenvalue weighted by Crippen LogP contribution is -2.53. The quantitative estimate of drug-likeness (QED) is 0.852. The van der Waals surface area contributed by atoms with E-state index in [4.69, 9.17) is 16.3 Å². The first kappa shape index (κ1) is 15.1. The summed E-state index contributed by atoms with van der Waals surface area (Å²) in [6.07, 6.45) is 1.61. The molecule has 0 amide bonds. The van der Waals surface area contributed by atoms with Gasteiger partial charge in [0.2, 0.25) is 6.71 Å². The van der Waals surface area contributed by atoms with E-state index in [1.165, 1.54) is 16.7 Å². The molecule has 4 rings (SSSR count). The van der Waals surface area contributed by atoms with E-state index in [1.54, 1.807) is 0 Å². The molecule has 2 aliphatic rings. The Bertz CT molecular complexity index is 761. The Hall–Kier alpha value is -1.49. The second-order valence-corrected chi connectivity index (χ2v) is 7.12. The van der Waals surface area contributed by atoms with Crippen molar-refractivity contribution < 1.29 is 9.84 Å². The summed E-state index contributed by atoms with van der Waals surface area (Å²) in [5.74, 6) is 0. The molecule has 2 aromatic carbocycles. The summed E-state index contributed by atoms with van der Waals surface area (Å²) in [7, 11) is 0. The van der Waals surface area contributed by atoms with E-state index in [0.29, 0.717) is 19.9 Å². The highest BCUT2D eigenvalue weighted by molar-refractivity contribution is 6.77.